The monoisotopic (exact) mass is 299 g/mol. The molecule has 0 amide bonds. The molecule has 1 aliphatic rings. The Balaban J connectivity index is 2.44. The molecular formula is C16H33N3O2. The summed E-state index contributed by atoms with van der Waals surface area (Å²) in [5.74, 6) is 0.286. The van der Waals surface area contributed by atoms with Gasteiger partial charge in [0.1, 0.15) is 5.54 Å². The molecule has 1 N–H and O–H groups in total. The molecule has 1 aliphatic carbocycles. The fourth-order valence-electron chi connectivity index (χ4n) is 3.50. The van der Waals surface area contributed by atoms with Gasteiger partial charge in [0.05, 0.1) is 7.11 Å². The largest absolute Gasteiger partial charge is 0.468 e. The van der Waals surface area contributed by atoms with Crippen molar-refractivity contribution >= 4 is 5.97 Å². The Morgan fingerprint density at radius 2 is 2.00 bits per heavy atom. The van der Waals surface area contributed by atoms with Gasteiger partial charge in [-0.1, -0.05) is 6.42 Å². The number of likely N-dealkylation sites (N-methyl/N-ethyl adjacent to an activating group) is 1. The van der Waals surface area contributed by atoms with Gasteiger partial charge < -0.3 is 19.9 Å². The van der Waals surface area contributed by atoms with E-state index in [-0.39, 0.29) is 5.97 Å². The third kappa shape index (κ3) is 4.94. The fraction of sp³-hybridized carbons (Fsp3) is 0.938. The quantitative estimate of drug-likeness (QED) is 0.648. The van der Waals surface area contributed by atoms with Crippen LogP contribution in [0.2, 0.25) is 0 Å². The van der Waals surface area contributed by atoms with Crippen molar-refractivity contribution in [3.05, 3.63) is 0 Å². The van der Waals surface area contributed by atoms with E-state index < -0.39 is 5.54 Å². The smallest absolute Gasteiger partial charge is 0.326 e. The molecule has 0 spiro atoms. The molecule has 2 atom stereocenters. The highest BCUT2D eigenvalue weighted by atomic mass is 16.5. The van der Waals surface area contributed by atoms with Gasteiger partial charge in [0.2, 0.25) is 0 Å². The first-order valence-corrected chi connectivity index (χ1v) is 8.07. The van der Waals surface area contributed by atoms with Crippen LogP contribution in [0.15, 0.2) is 0 Å². The maximum absolute atomic E-state index is 12.2. The van der Waals surface area contributed by atoms with E-state index in [0.29, 0.717) is 5.92 Å². The molecule has 0 bridgehead atoms. The number of ether oxygens (including phenoxy) is 1. The first-order valence-electron chi connectivity index (χ1n) is 8.07. The van der Waals surface area contributed by atoms with Crippen LogP contribution in [-0.4, -0.2) is 76.2 Å². The zero-order valence-electron chi connectivity index (χ0n) is 14.4. The lowest BCUT2D eigenvalue weighted by Gasteiger charge is -2.33. The molecular weight excluding hydrogens is 266 g/mol. The number of hydrogen-bond acceptors (Lipinski definition) is 5. The molecule has 1 saturated carbocycles. The summed E-state index contributed by atoms with van der Waals surface area (Å²) in [4.78, 5) is 16.8. The van der Waals surface area contributed by atoms with E-state index in [2.05, 4.69) is 36.3 Å². The fourth-order valence-corrected chi connectivity index (χ4v) is 3.50. The van der Waals surface area contributed by atoms with Gasteiger partial charge >= 0.3 is 5.97 Å². The third-order valence-corrected chi connectivity index (χ3v) is 4.82. The van der Waals surface area contributed by atoms with Crippen molar-refractivity contribution in [3.8, 4) is 0 Å². The summed E-state index contributed by atoms with van der Waals surface area (Å²) in [7, 11) is 9.76. The highest BCUT2D eigenvalue weighted by Crippen LogP contribution is 2.38. The highest BCUT2D eigenvalue weighted by molar-refractivity contribution is 5.81. The first kappa shape index (κ1) is 18.4. The highest BCUT2D eigenvalue weighted by Gasteiger charge is 2.48. The SMILES string of the molecule is CNC1(C(=O)OC)CCCC1CCN(C)CCCN(C)C. The van der Waals surface area contributed by atoms with E-state index in [1.165, 1.54) is 13.5 Å². The predicted octanol–water partition coefficient (Wildman–Crippen LogP) is 1.19. The molecule has 1 fully saturated rings. The second kappa shape index (κ2) is 8.71. The molecule has 5 heteroatoms. The zero-order chi connectivity index (χ0) is 15.9. The van der Waals surface area contributed by atoms with Crippen molar-refractivity contribution in [3.63, 3.8) is 0 Å². The summed E-state index contributed by atoms with van der Waals surface area (Å²) >= 11 is 0. The van der Waals surface area contributed by atoms with Crippen LogP contribution in [-0.2, 0) is 9.53 Å². The minimum atomic E-state index is -0.459. The van der Waals surface area contributed by atoms with E-state index in [1.54, 1.807) is 0 Å². The molecule has 0 radical (unpaired) electrons. The Kier molecular flexibility index (Phi) is 7.63. The van der Waals surface area contributed by atoms with Crippen LogP contribution in [0.1, 0.15) is 32.1 Å². The van der Waals surface area contributed by atoms with Crippen LogP contribution in [0.25, 0.3) is 0 Å². The summed E-state index contributed by atoms with van der Waals surface area (Å²) in [6.07, 6.45) is 5.34. The Bertz CT molecular complexity index is 323. The molecule has 1 rings (SSSR count). The van der Waals surface area contributed by atoms with Gasteiger partial charge in [0, 0.05) is 0 Å². The molecule has 0 heterocycles. The van der Waals surface area contributed by atoms with Gasteiger partial charge in [0.15, 0.2) is 0 Å². The Morgan fingerprint density at radius 1 is 1.29 bits per heavy atom. The second-order valence-corrected chi connectivity index (χ2v) is 6.55. The van der Waals surface area contributed by atoms with Crippen molar-refractivity contribution in [1.82, 2.24) is 15.1 Å². The Hall–Kier alpha value is -0.650. The number of esters is 1. The number of rotatable bonds is 9. The van der Waals surface area contributed by atoms with E-state index in [0.717, 1.165) is 45.3 Å². The van der Waals surface area contributed by atoms with E-state index in [4.69, 9.17) is 4.74 Å². The first-order chi connectivity index (χ1) is 9.96. The molecule has 0 aromatic rings. The van der Waals surface area contributed by atoms with Crippen molar-refractivity contribution < 1.29 is 9.53 Å². The summed E-state index contributed by atoms with van der Waals surface area (Å²) < 4.78 is 5.04. The van der Waals surface area contributed by atoms with Crippen LogP contribution in [0, 0.1) is 5.92 Å². The number of nitrogens with one attached hydrogen (secondary N) is 1. The maximum Gasteiger partial charge on any atom is 0.326 e. The molecule has 21 heavy (non-hydrogen) atoms. The topological polar surface area (TPSA) is 44.8 Å². The minimum absolute atomic E-state index is 0.0947. The molecule has 0 saturated heterocycles. The average molecular weight is 299 g/mol. The van der Waals surface area contributed by atoms with Crippen molar-refractivity contribution in [2.75, 3.05) is 54.9 Å². The Labute approximate surface area is 130 Å². The summed E-state index contributed by atoms with van der Waals surface area (Å²) in [5, 5.41) is 3.26. The predicted molar refractivity (Wildman–Crippen MR) is 86.4 cm³/mol. The van der Waals surface area contributed by atoms with Gasteiger partial charge in [-0.25, -0.2) is 0 Å². The minimum Gasteiger partial charge on any atom is -0.468 e. The average Bonchev–Trinajstić information content (AvgIpc) is 2.88. The van der Waals surface area contributed by atoms with Crippen LogP contribution < -0.4 is 5.32 Å². The van der Waals surface area contributed by atoms with E-state index in [1.807, 2.05) is 7.05 Å². The summed E-state index contributed by atoms with van der Waals surface area (Å²) in [6.45, 7) is 3.27. The van der Waals surface area contributed by atoms with Gasteiger partial charge in [-0.15, -0.1) is 0 Å². The van der Waals surface area contributed by atoms with Crippen molar-refractivity contribution in [1.29, 1.82) is 0 Å². The zero-order valence-corrected chi connectivity index (χ0v) is 14.4. The van der Waals surface area contributed by atoms with Crippen molar-refractivity contribution in [2.24, 2.45) is 5.92 Å². The van der Waals surface area contributed by atoms with Gasteiger partial charge in [-0.2, -0.15) is 0 Å². The lowest BCUT2D eigenvalue weighted by molar-refractivity contribution is -0.150. The Morgan fingerprint density at radius 3 is 2.57 bits per heavy atom. The molecule has 0 aromatic carbocycles. The van der Waals surface area contributed by atoms with Gasteiger partial charge in [0.25, 0.3) is 0 Å². The third-order valence-electron chi connectivity index (χ3n) is 4.82. The van der Waals surface area contributed by atoms with E-state index in [9.17, 15) is 4.79 Å². The van der Waals surface area contributed by atoms with Crippen molar-refractivity contribution in [2.45, 2.75) is 37.6 Å². The molecule has 2 unspecified atom stereocenters. The number of carbonyl (C=O) groups excluding carboxylic acids is 1. The van der Waals surface area contributed by atoms with E-state index >= 15 is 0 Å². The molecule has 5 nitrogen and oxygen atoms in total. The lowest BCUT2D eigenvalue weighted by Crippen LogP contribution is -2.54. The maximum atomic E-state index is 12.2. The number of hydrogen-bond donors (Lipinski definition) is 1. The van der Waals surface area contributed by atoms with Gasteiger partial charge in [-0.3, -0.25) is 4.79 Å². The number of carbonyl (C=O) groups is 1. The molecule has 0 aromatic heterocycles. The molecule has 124 valence electrons. The molecule has 0 aliphatic heterocycles. The van der Waals surface area contributed by atoms with Crippen LogP contribution >= 0.6 is 0 Å². The van der Waals surface area contributed by atoms with Crippen LogP contribution in [0.5, 0.6) is 0 Å². The normalized spacial score (nSPS) is 25.8. The van der Waals surface area contributed by atoms with Crippen LogP contribution in [0.4, 0.5) is 0 Å². The second-order valence-electron chi connectivity index (χ2n) is 6.55. The summed E-state index contributed by atoms with van der Waals surface area (Å²) in [6, 6.07) is 0. The number of methoxy groups -OCH3 is 1. The number of nitrogens with zero attached hydrogens (tertiary/aromatic N) is 2. The van der Waals surface area contributed by atoms with Gasteiger partial charge in [-0.05, 0) is 79.4 Å². The standard InChI is InChI=1S/C16H33N3O2/c1-17-16(15(20)21-5)10-6-8-14(16)9-13-19(4)12-7-11-18(2)3/h14,17H,6-13H2,1-5H3. The van der Waals surface area contributed by atoms with Crippen LogP contribution in [0.3, 0.4) is 0 Å². The lowest BCUT2D eigenvalue weighted by atomic mass is 9.84. The summed E-state index contributed by atoms with van der Waals surface area (Å²) in [5.41, 5.74) is -0.459.